The lowest BCUT2D eigenvalue weighted by atomic mass is 9.98. The molecule has 0 saturated carbocycles. The van der Waals surface area contributed by atoms with Crippen LogP contribution in [0.1, 0.15) is 24.8 Å². The Kier molecular flexibility index (Phi) is 4.68. The van der Waals surface area contributed by atoms with Gasteiger partial charge >= 0.3 is 6.03 Å². The zero-order valence-electron chi connectivity index (χ0n) is 9.29. The Bertz CT molecular complexity index is 298. The molecule has 2 N–H and O–H groups in total. The standard InChI is InChI=1S/C12H18N2O/c1-10(8-9-14-12(15)13-2)11-6-4-3-5-7-11/h3-7,10H,8-9H2,1-2H3,(H2,13,14,15). The Morgan fingerprint density at radius 2 is 2.00 bits per heavy atom. The molecule has 0 heterocycles. The lowest BCUT2D eigenvalue weighted by Gasteiger charge is -2.12. The Labute approximate surface area is 90.9 Å². The van der Waals surface area contributed by atoms with Gasteiger partial charge in [-0.05, 0) is 17.9 Å². The first kappa shape index (κ1) is 11.6. The van der Waals surface area contributed by atoms with Crippen LogP contribution in [-0.4, -0.2) is 19.6 Å². The SMILES string of the molecule is CNC(=O)NCCC(C)c1ccccc1. The van der Waals surface area contributed by atoms with Gasteiger partial charge in [-0.2, -0.15) is 0 Å². The molecule has 0 radical (unpaired) electrons. The molecule has 0 aromatic heterocycles. The Hall–Kier alpha value is -1.51. The van der Waals surface area contributed by atoms with Gasteiger partial charge in [-0.25, -0.2) is 4.79 Å². The molecule has 82 valence electrons. The molecular weight excluding hydrogens is 188 g/mol. The topological polar surface area (TPSA) is 41.1 Å². The van der Waals surface area contributed by atoms with Crippen LogP contribution in [0.3, 0.4) is 0 Å². The first-order valence-electron chi connectivity index (χ1n) is 5.24. The summed E-state index contributed by atoms with van der Waals surface area (Å²) in [5.74, 6) is 0.475. The highest BCUT2D eigenvalue weighted by molar-refractivity contribution is 5.73. The number of carbonyl (C=O) groups is 1. The summed E-state index contributed by atoms with van der Waals surface area (Å²) in [7, 11) is 1.62. The Morgan fingerprint density at radius 1 is 1.33 bits per heavy atom. The van der Waals surface area contributed by atoms with Gasteiger partial charge < -0.3 is 10.6 Å². The number of benzene rings is 1. The summed E-state index contributed by atoms with van der Waals surface area (Å²) in [4.78, 5) is 10.9. The lowest BCUT2D eigenvalue weighted by molar-refractivity contribution is 0.242. The van der Waals surface area contributed by atoms with Crippen LogP contribution in [0.2, 0.25) is 0 Å². The minimum absolute atomic E-state index is 0.115. The van der Waals surface area contributed by atoms with E-state index in [0.717, 1.165) is 6.42 Å². The third kappa shape index (κ3) is 4.02. The Morgan fingerprint density at radius 3 is 2.60 bits per heavy atom. The van der Waals surface area contributed by atoms with Gasteiger partial charge in [0.25, 0.3) is 0 Å². The largest absolute Gasteiger partial charge is 0.341 e. The lowest BCUT2D eigenvalue weighted by Crippen LogP contribution is -2.33. The van der Waals surface area contributed by atoms with Crippen LogP contribution < -0.4 is 10.6 Å². The zero-order valence-corrected chi connectivity index (χ0v) is 9.29. The number of hydrogen-bond acceptors (Lipinski definition) is 1. The van der Waals surface area contributed by atoms with Gasteiger partial charge in [0, 0.05) is 13.6 Å². The summed E-state index contributed by atoms with van der Waals surface area (Å²) >= 11 is 0. The quantitative estimate of drug-likeness (QED) is 0.778. The maximum absolute atomic E-state index is 10.9. The number of amides is 2. The van der Waals surface area contributed by atoms with E-state index in [2.05, 4.69) is 29.7 Å². The van der Waals surface area contributed by atoms with Gasteiger partial charge in [0.2, 0.25) is 0 Å². The van der Waals surface area contributed by atoms with Crippen molar-refractivity contribution in [2.45, 2.75) is 19.3 Å². The molecule has 3 nitrogen and oxygen atoms in total. The molecule has 3 heteroatoms. The van der Waals surface area contributed by atoms with Crippen molar-refractivity contribution >= 4 is 6.03 Å². The van der Waals surface area contributed by atoms with Crippen LogP contribution >= 0.6 is 0 Å². The van der Waals surface area contributed by atoms with Gasteiger partial charge in [0.15, 0.2) is 0 Å². The monoisotopic (exact) mass is 206 g/mol. The molecule has 0 aliphatic heterocycles. The third-order valence-electron chi connectivity index (χ3n) is 2.46. The fraction of sp³-hybridized carbons (Fsp3) is 0.417. The van der Waals surface area contributed by atoms with E-state index in [1.54, 1.807) is 7.05 Å². The predicted octanol–water partition coefficient (Wildman–Crippen LogP) is 2.11. The van der Waals surface area contributed by atoms with Gasteiger partial charge in [0.05, 0.1) is 0 Å². The molecule has 0 saturated heterocycles. The van der Waals surface area contributed by atoms with Crippen molar-refractivity contribution in [1.82, 2.24) is 10.6 Å². The molecule has 1 aromatic carbocycles. The average Bonchev–Trinajstić information content (AvgIpc) is 2.29. The normalized spacial score (nSPS) is 11.9. The molecule has 0 aliphatic carbocycles. The van der Waals surface area contributed by atoms with E-state index in [0.29, 0.717) is 12.5 Å². The van der Waals surface area contributed by atoms with Crippen LogP contribution in [0.4, 0.5) is 4.79 Å². The van der Waals surface area contributed by atoms with Crippen LogP contribution in [0, 0.1) is 0 Å². The maximum Gasteiger partial charge on any atom is 0.314 e. The number of rotatable bonds is 4. The molecule has 1 atom stereocenters. The van der Waals surface area contributed by atoms with Crippen molar-refractivity contribution in [3.8, 4) is 0 Å². The molecule has 1 rings (SSSR count). The second-order valence-electron chi connectivity index (χ2n) is 3.61. The second-order valence-corrected chi connectivity index (χ2v) is 3.61. The summed E-state index contributed by atoms with van der Waals surface area (Å²) in [6.07, 6.45) is 0.956. The van der Waals surface area contributed by atoms with Crippen molar-refractivity contribution in [3.05, 3.63) is 35.9 Å². The number of carbonyl (C=O) groups excluding carboxylic acids is 1. The molecule has 2 amide bonds. The summed E-state index contributed by atoms with van der Waals surface area (Å²) < 4.78 is 0. The number of hydrogen-bond donors (Lipinski definition) is 2. The van der Waals surface area contributed by atoms with Crippen LogP contribution in [0.15, 0.2) is 30.3 Å². The van der Waals surface area contributed by atoms with E-state index in [1.165, 1.54) is 5.56 Å². The smallest absolute Gasteiger partial charge is 0.314 e. The predicted molar refractivity (Wildman–Crippen MR) is 61.9 cm³/mol. The average molecular weight is 206 g/mol. The second kappa shape index (κ2) is 6.06. The van der Waals surface area contributed by atoms with Gasteiger partial charge in [-0.1, -0.05) is 37.3 Å². The summed E-state index contributed by atoms with van der Waals surface area (Å²) in [6.45, 7) is 2.87. The first-order chi connectivity index (χ1) is 7.24. The third-order valence-corrected chi connectivity index (χ3v) is 2.46. The fourth-order valence-electron chi connectivity index (χ4n) is 1.44. The molecule has 1 aromatic rings. The highest BCUT2D eigenvalue weighted by Gasteiger charge is 2.04. The van der Waals surface area contributed by atoms with Crippen molar-refractivity contribution in [2.24, 2.45) is 0 Å². The van der Waals surface area contributed by atoms with E-state index in [4.69, 9.17) is 0 Å². The molecule has 15 heavy (non-hydrogen) atoms. The number of nitrogens with one attached hydrogen (secondary N) is 2. The summed E-state index contributed by atoms with van der Waals surface area (Å²) in [6, 6.07) is 10.2. The fourth-order valence-corrected chi connectivity index (χ4v) is 1.44. The molecular formula is C12H18N2O. The Balaban J connectivity index is 2.31. The van der Waals surface area contributed by atoms with Crippen molar-refractivity contribution < 1.29 is 4.79 Å². The van der Waals surface area contributed by atoms with E-state index in [9.17, 15) is 4.79 Å². The van der Waals surface area contributed by atoms with Gasteiger partial charge in [-0.15, -0.1) is 0 Å². The minimum atomic E-state index is -0.115. The molecule has 0 aliphatic rings. The molecule has 0 bridgehead atoms. The summed E-state index contributed by atoms with van der Waals surface area (Å²) in [5.41, 5.74) is 1.32. The van der Waals surface area contributed by atoms with E-state index in [-0.39, 0.29) is 6.03 Å². The molecule has 0 fully saturated rings. The first-order valence-corrected chi connectivity index (χ1v) is 5.24. The highest BCUT2D eigenvalue weighted by Crippen LogP contribution is 2.17. The minimum Gasteiger partial charge on any atom is -0.341 e. The highest BCUT2D eigenvalue weighted by atomic mass is 16.2. The van der Waals surface area contributed by atoms with Gasteiger partial charge in [0.1, 0.15) is 0 Å². The van der Waals surface area contributed by atoms with Crippen molar-refractivity contribution in [1.29, 1.82) is 0 Å². The van der Waals surface area contributed by atoms with Gasteiger partial charge in [-0.3, -0.25) is 0 Å². The molecule has 0 spiro atoms. The van der Waals surface area contributed by atoms with E-state index < -0.39 is 0 Å². The summed E-state index contributed by atoms with van der Waals surface area (Å²) in [5, 5.41) is 5.31. The van der Waals surface area contributed by atoms with E-state index in [1.807, 2.05) is 18.2 Å². The van der Waals surface area contributed by atoms with Crippen LogP contribution in [0.5, 0.6) is 0 Å². The van der Waals surface area contributed by atoms with Crippen LogP contribution in [-0.2, 0) is 0 Å². The van der Waals surface area contributed by atoms with Crippen LogP contribution in [0.25, 0.3) is 0 Å². The maximum atomic E-state index is 10.9. The number of urea groups is 1. The van der Waals surface area contributed by atoms with Crippen molar-refractivity contribution in [3.63, 3.8) is 0 Å². The van der Waals surface area contributed by atoms with E-state index >= 15 is 0 Å². The van der Waals surface area contributed by atoms with Crippen molar-refractivity contribution in [2.75, 3.05) is 13.6 Å². The zero-order chi connectivity index (χ0) is 11.1. The molecule has 1 unspecified atom stereocenters.